The summed E-state index contributed by atoms with van der Waals surface area (Å²) in [7, 11) is -2.57. The molecule has 0 spiro atoms. The van der Waals surface area contributed by atoms with Crippen molar-refractivity contribution < 1.29 is 18.3 Å². The highest BCUT2D eigenvalue weighted by atomic mass is 32.2. The van der Waals surface area contributed by atoms with Gasteiger partial charge >= 0.3 is 5.97 Å². The van der Waals surface area contributed by atoms with Crippen molar-refractivity contribution in [3.63, 3.8) is 0 Å². The number of carbonyl (C=O) groups is 1. The summed E-state index contributed by atoms with van der Waals surface area (Å²) in [5, 5.41) is 9.60. The Hall–Kier alpha value is -2.18. The van der Waals surface area contributed by atoms with E-state index in [9.17, 15) is 18.3 Å². The highest BCUT2D eigenvalue weighted by Gasteiger charge is 2.32. The van der Waals surface area contributed by atoms with Crippen LogP contribution in [-0.2, 0) is 21.2 Å². The molecule has 26 heavy (non-hydrogen) atoms. The molecule has 0 aromatic heterocycles. The van der Waals surface area contributed by atoms with Gasteiger partial charge in [0.1, 0.15) is 6.04 Å². The van der Waals surface area contributed by atoms with Crippen molar-refractivity contribution in [2.24, 2.45) is 0 Å². The smallest absolute Gasteiger partial charge is 0.322 e. The van der Waals surface area contributed by atoms with Crippen molar-refractivity contribution in [3.8, 4) is 0 Å². The highest BCUT2D eigenvalue weighted by molar-refractivity contribution is 7.89. The molecule has 0 unspecified atom stereocenters. The second kappa shape index (κ2) is 8.01. The van der Waals surface area contributed by atoms with Crippen LogP contribution in [0.3, 0.4) is 0 Å². The van der Waals surface area contributed by atoms with Crippen LogP contribution in [0.4, 0.5) is 0 Å². The summed E-state index contributed by atoms with van der Waals surface area (Å²) in [6.07, 6.45) is 0.106. The largest absolute Gasteiger partial charge is 0.480 e. The van der Waals surface area contributed by atoms with Crippen molar-refractivity contribution in [2.75, 3.05) is 7.05 Å². The van der Waals surface area contributed by atoms with Crippen LogP contribution in [0.25, 0.3) is 0 Å². The van der Waals surface area contributed by atoms with E-state index in [4.69, 9.17) is 0 Å². The topological polar surface area (TPSA) is 74.7 Å². The SMILES string of the molecule is Cc1ccc(S(=O)(=O)N(C)[C@@H](Cc2ccc(C(C)C)cc2)C(=O)O)cc1. The molecule has 2 aromatic rings. The standard InChI is InChI=1S/C20H25NO4S/c1-14(2)17-9-7-16(8-10-17)13-19(20(22)23)21(4)26(24,25)18-11-5-15(3)6-12-18/h5-12,14,19H,13H2,1-4H3,(H,22,23)/t19-/m0/s1. The zero-order chi connectivity index (χ0) is 19.5. The van der Waals surface area contributed by atoms with E-state index in [1.165, 1.54) is 19.2 Å². The van der Waals surface area contributed by atoms with Crippen molar-refractivity contribution >= 4 is 16.0 Å². The molecule has 0 saturated heterocycles. The van der Waals surface area contributed by atoms with Crippen LogP contribution < -0.4 is 0 Å². The van der Waals surface area contributed by atoms with Gasteiger partial charge < -0.3 is 5.11 Å². The molecule has 1 atom stereocenters. The molecule has 2 rings (SSSR count). The van der Waals surface area contributed by atoms with Crippen LogP contribution in [-0.4, -0.2) is 36.9 Å². The van der Waals surface area contributed by atoms with Gasteiger partial charge in [-0.25, -0.2) is 8.42 Å². The number of benzene rings is 2. The van der Waals surface area contributed by atoms with Gasteiger partial charge in [0, 0.05) is 7.05 Å². The third-order valence-corrected chi connectivity index (χ3v) is 6.38. The summed E-state index contributed by atoms with van der Waals surface area (Å²) >= 11 is 0. The van der Waals surface area contributed by atoms with Gasteiger partial charge in [-0.2, -0.15) is 4.31 Å². The van der Waals surface area contributed by atoms with Crippen LogP contribution in [0.15, 0.2) is 53.4 Å². The lowest BCUT2D eigenvalue weighted by Gasteiger charge is -2.24. The molecule has 0 aliphatic heterocycles. The van der Waals surface area contributed by atoms with Gasteiger partial charge in [-0.15, -0.1) is 0 Å². The van der Waals surface area contributed by atoms with Crippen LogP contribution >= 0.6 is 0 Å². The minimum absolute atomic E-state index is 0.0898. The second-order valence-corrected chi connectivity index (χ2v) is 8.79. The number of likely N-dealkylation sites (N-methyl/N-ethyl adjacent to an activating group) is 1. The molecule has 140 valence electrons. The molecular weight excluding hydrogens is 350 g/mol. The summed E-state index contributed by atoms with van der Waals surface area (Å²) in [6, 6.07) is 12.8. The minimum atomic E-state index is -3.89. The molecule has 5 nitrogen and oxygen atoms in total. The molecule has 0 fully saturated rings. The monoisotopic (exact) mass is 375 g/mol. The van der Waals surface area contributed by atoms with Gasteiger partial charge in [-0.3, -0.25) is 4.79 Å². The Bertz CT molecular complexity index is 856. The second-order valence-electron chi connectivity index (χ2n) is 6.79. The quantitative estimate of drug-likeness (QED) is 0.804. The van der Waals surface area contributed by atoms with Gasteiger partial charge in [0.15, 0.2) is 0 Å². The first-order valence-electron chi connectivity index (χ1n) is 8.49. The summed E-state index contributed by atoms with van der Waals surface area (Å²) in [6.45, 7) is 6.02. The van der Waals surface area contributed by atoms with Gasteiger partial charge in [0.25, 0.3) is 0 Å². The van der Waals surface area contributed by atoms with E-state index >= 15 is 0 Å². The first-order valence-corrected chi connectivity index (χ1v) is 9.93. The van der Waals surface area contributed by atoms with E-state index in [1.54, 1.807) is 12.1 Å². The van der Waals surface area contributed by atoms with E-state index in [0.717, 1.165) is 21.0 Å². The van der Waals surface area contributed by atoms with E-state index in [1.807, 2.05) is 31.2 Å². The highest BCUT2D eigenvalue weighted by Crippen LogP contribution is 2.21. The molecule has 0 aliphatic rings. The van der Waals surface area contributed by atoms with Crippen LogP contribution in [0.2, 0.25) is 0 Å². The van der Waals surface area contributed by atoms with E-state index in [0.29, 0.717) is 5.92 Å². The predicted molar refractivity (Wildman–Crippen MR) is 102 cm³/mol. The number of aryl methyl sites for hydroxylation is 1. The number of hydrogen-bond acceptors (Lipinski definition) is 3. The van der Waals surface area contributed by atoms with Crippen molar-refractivity contribution in [1.82, 2.24) is 4.31 Å². The maximum absolute atomic E-state index is 12.8. The summed E-state index contributed by atoms with van der Waals surface area (Å²) in [5.41, 5.74) is 2.88. The molecule has 6 heteroatoms. The summed E-state index contributed by atoms with van der Waals surface area (Å²) < 4.78 is 26.5. The fourth-order valence-corrected chi connectivity index (χ4v) is 3.99. The minimum Gasteiger partial charge on any atom is -0.480 e. The Kier molecular flexibility index (Phi) is 6.21. The molecule has 0 heterocycles. The molecule has 0 aliphatic carbocycles. The van der Waals surface area contributed by atoms with Crippen molar-refractivity contribution in [2.45, 2.75) is 44.0 Å². The maximum Gasteiger partial charge on any atom is 0.322 e. The third kappa shape index (κ3) is 4.51. The molecule has 2 aromatic carbocycles. The Morgan fingerprint density at radius 1 is 1.04 bits per heavy atom. The number of sulfonamides is 1. The Morgan fingerprint density at radius 2 is 1.58 bits per heavy atom. The number of hydrogen-bond donors (Lipinski definition) is 1. The summed E-state index contributed by atoms with van der Waals surface area (Å²) in [4.78, 5) is 11.8. The van der Waals surface area contributed by atoms with Crippen LogP contribution in [0, 0.1) is 6.92 Å². The van der Waals surface area contributed by atoms with E-state index in [2.05, 4.69) is 13.8 Å². The first kappa shape index (κ1) is 20.1. The lowest BCUT2D eigenvalue weighted by Crippen LogP contribution is -2.43. The first-order chi connectivity index (χ1) is 12.1. The molecule has 0 amide bonds. The molecule has 1 N–H and O–H groups in total. The average molecular weight is 375 g/mol. The molecular formula is C20H25NO4S. The predicted octanol–water partition coefficient (Wildman–Crippen LogP) is 3.43. The third-order valence-electron chi connectivity index (χ3n) is 4.50. The number of carboxylic acid groups (broad SMARTS) is 1. The van der Waals surface area contributed by atoms with Gasteiger partial charge in [-0.05, 0) is 42.5 Å². The molecule has 0 bridgehead atoms. The lowest BCUT2D eigenvalue weighted by atomic mass is 9.99. The number of carboxylic acids is 1. The molecule has 0 saturated carbocycles. The fourth-order valence-electron chi connectivity index (χ4n) is 2.68. The Balaban J connectivity index is 2.28. The van der Waals surface area contributed by atoms with Crippen LogP contribution in [0.5, 0.6) is 0 Å². The zero-order valence-electron chi connectivity index (χ0n) is 15.5. The number of aliphatic carboxylic acids is 1. The fraction of sp³-hybridized carbons (Fsp3) is 0.350. The normalized spacial score (nSPS) is 13.2. The van der Waals surface area contributed by atoms with Crippen molar-refractivity contribution in [1.29, 1.82) is 0 Å². The van der Waals surface area contributed by atoms with Crippen LogP contribution in [0.1, 0.15) is 36.5 Å². The zero-order valence-corrected chi connectivity index (χ0v) is 16.3. The van der Waals surface area contributed by atoms with Gasteiger partial charge in [0.05, 0.1) is 4.90 Å². The molecule has 0 radical (unpaired) electrons. The Morgan fingerprint density at radius 3 is 2.04 bits per heavy atom. The van der Waals surface area contributed by atoms with E-state index in [-0.39, 0.29) is 11.3 Å². The maximum atomic E-state index is 12.8. The Labute approximate surface area is 155 Å². The summed E-state index contributed by atoms with van der Waals surface area (Å²) in [5.74, 6) is -0.792. The number of rotatable bonds is 7. The lowest BCUT2D eigenvalue weighted by molar-refractivity contribution is -0.141. The number of nitrogens with zero attached hydrogens (tertiary/aromatic N) is 1. The van der Waals surface area contributed by atoms with Gasteiger partial charge in [0.2, 0.25) is 10.0 Å². The van der Waals surface area contributed by atoms with E-state index < -0.39 is 22.0 Å². The average Bonchev–Trinajstić information content (AvgIpc) is 2.59. The van der Waals surface area contributed by atoms with Gasteiger partial charge in [-0.1, -0.05) is 55.8 Å². The van der Waals surface area contributed by atoms with Crippen molar-refractivity contribution in [3.05, 3.63) is 65.2 Å².